The molecule has 8 heteroatoms. The van der Waals surface area contributed by atoms with Crippen molar-refractivity contribution < 1.29 is 23.9 Å². The Balaban J connectivity index is 2.11. The van der Waals surface area contributed by atoms with E-state index >= 15 is 0 Å². The molecule has 0 radical (unpaired) electrons. The molecule has 8 nitrogen and oxygen atoms in total. The maximum absolute atomic E-state index is 13.8. The van der Waals surface area contributed by atoms with Crippen LogP contribution in [-0.2, 0) is 31.9 Å². The van der Waals surface area contributed by atoms with Gasteiger partial charge in [-0.05, 0) is 51.7 Å². The van der Waals surface area contributed by atoms with Crippen LogP contribution in [-0.4, -0.2) is 55.4 Å². The fourth-order valence-corrected chi connectivity index (χ4v) is 4.50. The summed E-state index contributed by atoms with van der Waals surface area (Å²) in [7, 11) is 1.72. The number of methoxy groups -OCH3 is 1. The number of ether oxygens (including phenoxy) is 2. The molecule has 3 N–H and O–H groups in total. The van der Waals surface area contributed by atoms with E-state index in [2.05, 4.69) is 16.0 Å². The molecule has 0 aromatic heterocycles. The second-order valence-corrected chi connectivity index (χ2v) is 11.7. The average Bonchev–Trinajstić information content (AvgIpc) is 2.91. The Bertz CT molecular complexity index is 1060. The van der Waals surface area contributed by atoms with E-state index in [0.29, 0.717) is 13.0 Å². The first-order valence-electron chi connectivity index (χ1n) is 14.7. The van der Waals surface area contributed by atoms with Crippen LogP contribution in [0.15, 0.2) is 60.7 Å². The van der Waals surface area contributed by atoms with Gasteiger partial charge in [-0.3, -0.25) is 9.59 Å². The molecule has 0 heterocycles. The lowest BCUT2D eigenvalue weighted by Gasteiger charge is -2.32. The van der Waals surface area contributed by atoms with Crippen molar-refractivity contribution >= 4 is 17.9 Å². The van der Waals surface area contributed by atoms with Crippen LogP contribution < -0.4 is 16.0 Å². The molecule has 0 fully saturated rings. The zero-order valence-corrected chi connectivity index (χ0v) is 25.5. The summed E-state index contributed by atoms with van der Waals surface area (Å²) in [6.07, 6.45) is 6.22. The zero-order valence-electron chi connectivity index (χ0n) is 25.5. The van der Waals surface area contributed by atoms with Gasteiger partial charge in [-0.2, -0.15) is 0 Å². The number of unbranched alkanes of at least 4 members (excludes halogenated alkanes) is 5. The summed E-state index contributed by atoms with van der Waals surface area (Å²) in [5, 5.41) is 8.73. The van der Waals surface area contributed by atoms with Crippen LogP contribution in [0.3, 0.4) is 0 Å². The van der Waals surface area contributed by atoms with Crippen molar-refractivity contribution in [2.45, 2.75) is 96.2 Å². The number of nitrogens with one attached hydrogen (secondary N) is 3. The second kappa shape index (κ2) is 17.4. The Morgan fingerprint density at radius 1 is 0.780 bits per heavy atom. The number of hydrogen-bond acceptors (Lipinski definition) is 5. The highest BCUT2D eigenvalue weighted by molar-refractivity contribution is 5.94. The molecule has 0 aliphatic carbocycles. The summed E-state index contributed by atoms with van der Waals surface area (Å²) in [6.45, 7) is 8.29. The van der Waals surface area contributed by atoms with E-state index in [9.17, 15) is 14.4 Å². The third kappa shape index (κ3) is 13.7. The first-order chi connectivity index (χ1) is 19.5. The number of benzene rings is 2. The Hall–Kier alpha value is -3.39. The van der Waals surface area contributed by atoms with Crippen LogP contribution in [0.2, 0.25) is 0 Å². The van der Waals surface area contributed by atoms with E-state index < -0.39 is 29.2 Å². The summed E-state index contributed by atoms with van der Waals surface area (Å²) in [4.78, 5) is 39.9. The number of alkyl carbamates (subject to hydrolysis) is 1. The molecule has 3 amide bonds. The number of amides is 3. The third-order valence-electron chi connectivity index (χ3n) is 6.66. The first-order valence-corrected chi connectivity index (χ1v) is 14.7. The Kier molecular flexibility index (Phi) is 14.4. The quantitative estimate of drug-likeness (QED) is 0.224. The van der Waals surface area contributed by atoms with Crippen molar-refractivity contribution in [3.05, 3.63) is 71.8 Å². The van der Waals surface area contributed by atoms with E-state index in [1.54, 1.807) is 34.8 Å². The fraction of sp³-hybridized carbons (Fsp3) is 0.545. The topological polar surface area (TPSA) is 106 Å². The Labute approximate surface area is 246 Å². The molecule has 2 atom stereocenters. The summed E-state index contributed by atoms with van der Waals surface area (Å²) < 4.78 is 10.6. The van der Waals surface area contributed by atoms with E-state index in [1.807, 2.05) is 60.7 Å². The summed E-state index contributed by atoms with van der Waals surface area (Å²) in [6, 6.07) is 18.2. The van der Waals surface area contributed by atoms with Crippen molar-refractivity contribution in [1.29, 1.82) is 0 Å². The minimum atomic E-state index is -1.36. The molecule has 0 aliphatic rings. The highest BCUT2D eigenvalue weighted by Gasteiger charge is 2.38. The molecule has 0 saturated heterocycles. The monoisotopic (exact) mass is 567 g/mol. The minimum absolute atomic E-state index is 0.225. The average molecular weight is 568 g/mol. The van der Waals surface area contributed by atoms with Gasteiger partial charge >= 0.3 is 6.09 Å². The van der Waals surface area contributed by atoms with E-state index in [0.717, 1.165) is 56.3 Å². The Morgan fingerprint density at radius 3 is 1.93 bits per heavy atom. The molecule has 2 aromatic carbocycles. The maximum atomic E-state index is 13.8. The van der Waals surface area contributed by atoms with Crippen LogP contribution >= 0.6 is 0 Å². The number of hydrogen-bond donors (Lipinski definition) is 3. The molecule has 0 saturated carbocycles. The fourth-order valence-electron chi connectivity index (χ4n) is 4.50. The lowest BCUT2D eigenvalue weighted by atomic mass is 9.91. The summed E-state index contributed by atoms with van der Waals surface area (Å²) in [5.74, 6) is -0.707. The van der Waals surface area contributed by atoms with Gasteiger partial charge in [-0.1, -0.05) is 86.3 Å². The summed E-state index contributed by atoms with van der Waals surface area (Å²) >= 11 is 0. The van der Waals surface area contributed by atoms with Crippen LogP contribution in [0.25, 0.3) is 0 Å². The largest absolute Gasteiger partial charge is 0.444 e. The predicted molar refractivity (Wildman–Crippen MR) is 163 cm³/mol. The van der Waals surface area contributed by atoms with Crippen LogP contribution in [0.5, 0.6) is 0 Å². The number of rotatable bonds is 17. The molecule has 2 aromatic rings. The van der Waals surface area contributed by atoms with E-state index in [-0.39, 0.29) is 12.3 Å². The zero-order chi connectivity index (χ0) is 30.1. The van der Waals surface area contributed by atoms with Crippen LogP contribution in [0, 0.1) is 0 Å². The number of carbonyl (C=O) groups excluding carboxylic acids is 3. The van der Waals surface area contributed by atoms with Gasteiger partial charge in [0, 0.05) is 33.1 Å². The summed E-state index contributed by atoms with van der Waals surface area (Å²) in [5.41, 5.74) is -0.295. The second-order valence-electron chi connectivity index (χ2n) is 11.7. The van der Waals surface area contributed by atoms with Gasteiger partial charge in [0.05, 0.1) is 0 Å². The lowest BCUT2D eigenvalue weighted by molar-refractivity contribution is -0.132. The van der Waals surface area contributed by atoms with E-state index in [4.69, 9.17) is 9.47 Å². The smallest absolute Gasteiger partial charge is 0.408 e. The Morgan fingerprint density at radius 2 is 1.34 bits per heavy atom. The van der Waals surface area contributed by atoms with Gasteiger partial charge in [-0.25, -0.2) is 4.79 Å². The van der Waals surface area contributed by atoms with Gasteiger partial charge in [0.25, 0.3) is 0 Å². The van der Waals surface area contributed by atoms with Crippen molar-refractivity contribution in [2.75, 3.05) is 20.3 Å². The first kappa shape index (κ1) is 33.8. The molecule has 2 rings (SSSR count). The molecular formula is C33H49N3O5. The van der Waals surface area contributed by atoms with Gasteiger partial charge < -0.3 is 25.4 Å². The minimum Gasteiger partial charge on any atom is -0.444 e. The van der Waals surface area contributed by atoms with Crippen molar-refractivity contribution in [3.63, 3.8) is 0 Å². The highest BCUT2D eigenvalue weighted by atomic mass is 16.6. The van der Waals surface area contributed by atoms with Gasteiger partial charge in [0.1, 0.15) is 17.2 Å². The highest BCUT2D eigenvalue weighted by Crippen LogP contribution is 2.17. The van der Waals surface area contributed by atoms with Crippen molar-refractivity contribution in [3.8, 4) is 0 Å². The van der Waals surface area contributed by atoms with Gasteiger partial charge in [0.15, 0.2) is 0 Å². The SMILES string of the molecule is COCCCCCCCCNC(=O)C(Cc1ccccc1)NC(=O)[C@](C)(Cc1ccccc1)NC(=O)OC(C)(C)C. The normalized spacial score (nSPS) is 13.5. The molecular weight excluding hydrogens is 518 g/mol. The molecule has 1 unspecified atom stereocenters. The lowest BCUT2D eigenvalue weighted by Crippen LogP contribution is -2.62. The maximum Gasteiger partial charge on any atom is 0.408 e. The standard InChI is InChI=1S/C33H49N3O5/c1-32(2,3)41-31(39)36-33(4,25-27-20-14-11-15-21-27)30(38)35-28(24-26-18-12-10-13-19-26)29(37)34-22-16-8-6-7-9-17-23-40-5/h10-15,18-21,28H,6-9,16-17,22-25H2,1-5H3,(H,34,37)(H,35,38)(H,36,39)/t28?,33-/m0/s1. The van der Waals surface area contributed by atoms with E-state index in [1.165, 1.54) is 0 Å². The molecule has 226 valence electrons. The predicted octanol–water partition coefficient (Wildman–Crippen LogP) is 5.34. The van der Waals surface area contributed by atoms with Crippen molar-refractivity contribution in [2.24, 2.45) is 0 Å². The van der Waals surface area contributed by atoms with Crippen LogP contribution in [0.4, 0.5) is 4.79 Å². The molecule has 0 aliphatic heterocycles. The van der Waals surface area contributed by atoms with Crippen LogP contribution in [0.1, 0.15) is 77.3 Å². The van der Waals surface area contributed by atoms with Crippen molar-refractivity contribution in [1.82, 2.24) is 16.0 Å². The van der Waals surface area contributed by atoms with Gasteiger partial charge in [0.2, 0.25) is 11.8 Å². The molecule has 0 bridgehead atoms. The molecule has 41 heavy (non-hydrogen) atoms. The third-order valence-corrected chi connectivity index (χ3v) is 6.66. The van der Waals surface area contributed by atoms with Gasteiger partial charge in [-0.15, -0.1) is 0 Å². The number of carbonyl (C=O) groups is 3. The molecule has 0 spiro atoms.